The van der Waals surface area contributed by atoms with Gasteiger partial charge in [0.15, 0.2) is 0 Å². The third-order valence-electron chi connectivity index (χ3n) is 14.5. The zero-order valence-electron chi connectivity index (χ0n) is 46.8. The van der Waals surface area contributed by atoms with Crippen molar-refractivity contribution < 1.29 is 97.5 Å². The molecular weight excluding hydrogens is 1110 g/mol. The van der Waals surface area contributed by atoms with Gasteiger partial charge in [-0.15, -0.1) is 0 Å². The summed E-state index contributed by atoms with van der Waals surface area (Å²) in [6.45, 7) is 8.66. The van der Waals surface area contributed by atoms with Crippen molar-refractivity contribution >= 4 is 7.32 Å². The molecule has 0 fully saturated rings. The first-order valence-electron chi connectivity index (χ1n) is 28.6. The van der Waals surface area contributed by atoms with Gasteiger partial charge in [-0.3, -0.25) is 0 Å². The molecule has 3 aromatic carbocycles. The molecular formula is C58H79BF18NO3+. The Bertz CT molecular complexity index is 2090. The summed E-state index contributed by atoms with van der Waals surface area (Å²) in [5, 5.41) is 0. The highest BCUT2D eigenvalue weighted by Crippen LogP contribution is 2.50. The first-order valence-corrected chi connectivity index (χ1v) is 28.6. The second-order valence-electron chi connectivity index (χ2n) is 21.2. The maximum atomic E-state index is 16.1. The van der Waals surface area contributed by atoms with Gasteiger partial charge in [-0.05, 0) is 93.5 Å². The lowest BCUT2D eigenvalue weighted by Crippen LogP contribution is -2.53. The minimum atomic E-state index is -5.66. The molecule has 0 aliphatic carbocycles. The van der Waals surface area contributed by atoms with E-state index in [1.54, 1.807) is 0 Å². The number of hydrogen-bond acceptors (Lipinski definition) is 3. The SMILES string of the molecule is CCCCCCCCCC(c1c(OB(Oc2cc(C(F)(F)F)cc(C(F)(F)F)c2)Oc2cc(C(F)(F)F)cc(C(F)(F)F)c2)cc(C(F)(F)F)cc1C(F)(F)F)[N+](CCCCCCCC)(CCCCCCCC)CCCCCCCC. The van der Waals surface area contributed by atoms with E-state index in [4.69, 9.17) is 14.0 Å². The summed E-state index contributed by atoms with van der Waals surface area (Å²) in [4.78, 5) is 0. The number of alkyl halides is 18. The molecule has 0 heterocycles. The Hall–Kier alpha value is -4.18. The molecule has 3 rings (SSSR count). The van der Waals surface area contributed by atoms with Gasteiger partial charge in [0, 0.05) is 6.42 Å². The van der Waals surface area contributed by atoms with Crippen LogP contribution in [0.15, 0.2) is 48.5 Å². The van der Waals surface area contributed by atoms with Crippen LogP contribution in [0.4, 0.5) is 79.0 Å². The van der Waals surface area contributed by atoms with Crippen LogP contribution in [0, 0.1) is 0 Å². The van der Waals surface area contributed by atoms with E-state index < -0.39 is 107 Å². The minimum Gasteiger partial charge on any atom is -0.490 e. The van der Waals surface area contributed by atoms with Crippen molar-refractivity contribution in [3.05, 3.63) is 87.5 Å². The molecule has 0 aliphatic rings. The maximum absolute atomic E-state index is 16.1. The van der Waals surface area contributed by atoms with E-state index in [1.165, 1.54) is 0 Å². The molecule has 0 amide bonds. The first kappa shape index (κ1) is 71.1. The van der Waals surface area contributed by atoms with E-state index in [2.05, 4.69) is 0 Å². The minimum absolute atomic E-state index is 0.0941. The standard InChI is InChI=1S/C58H79BF18NO3/c1-5-9-13-17-21-22-26-30-50(78(31-27-23-18-14-10-6-2,32-28-24-19-15-11-7-3)33-29-25-20-16-12-8-4)52-49(58(75,76)77)40-46(57(72,73)74)41-51(52)81-59(79-47-36-42(53(60,61)62)34-43(37-47)54(63,64)65)80-48-38-44(55(66,67)68)35-45(39-48)56(69,70)71/h34-41,50H,5-33H2,1-4H3/q+1. The van der Waals surface area contributed by atoms with Gasteiger partial charge >= 0.3 is 44.4 Å². The Kier molecular flexibility index (Phi) is 28.8. The second-order valence-corrected chi connectivity index (χ2v) is 21.2. The van der Waals surface area contributed by atoms with Crippen LogP contribution in [0.25, 0.3) is 0 Å². The number of benzene rings is 3. The summed E-state index contributed by atoms with van der Waals surface area (Å²) in [7, 11) is -3.28. The van der Waals surface area contributed by atoms with Crippen LogP contribution in [0.3, 0.4) is 0 Å². The molecule has 0 bridgehead atoms. The lowest BCUT2D eigenvalue weighted by molar-refractivity contribution is -0.958. The summed E-state index contributed by atoms with van der Waals surface area (Å²) in [5.74, 6) is -4.47. The van der Waals surface area contributed by atoms with Crippen LogP contribution in [0.5, 0.6) is 17.2 Å². The molecule has 0 aromatic heterocycles. The average molecular weight is 1190 g/mol. The van der Waals surface area contributed by atoms with Crippen molar-refractivity contribution in [2.45, 2.75) is 238 Å². The Morgan fingerprint density at radius 1 is 0.333 bits per heavy atom. The second kappa shape index (κ2) is 32.8. The van der Waals surface area contributed by atoms with Crippen molar-refractivity contribution in [1.29, 1.82) is 0 Å². The normalized spacial score (nSPS) is 13.5. The highest BCUT2D eigenvalue weighted by atomic mass is 19.4. The molecule has 23 heteroatoms. The molecule has 0 saturated carbocycles. The van der Waals surface area contributed by atoms with Gasteiger partial charge in [-0.1, -0.05) is 143 Å². The van der Waals surface area contributed by atoms with Crippen LogP contribution >= 0.6 is 0 Å². The molecule has 1 atom stereocenters. The van der Waals surface area contributed by atoms with Gasteiger partial charge in [0.05, 0.1) is 58.6 Å². The largest absolute Gasteiger partial charge is 0.864 e. The highest BCUT2D eigenvalue weighted by Gasteiger charge is 2.49. The van der Waals surface area contributed by atoms with Gasteiger partial charge in [0.25, 0.3) is 0 Å². The molecule has 4 nitrogen and oxygen atoms in total. The molecule has 1 unspecified atom stereocenters. The lowest BCUT2D eigenvalue weighted by Gasteiger charge is -2.47. The van der Waals surface area contributed by atoms with Crippen molar-refractivity contribution in [2.75, 3.05) is 19.6 Å². The molecule has 0 N–H and O–H groups in total. The van der Waals surface area contributed by atoms with Crippen LogP contribution in [-0.4, -0.2) is 31.4 Å². The molecule has 0 spiro atoms. The fourth-order valence-electron chi connectivity index (χ4n) is 10.3. The van der Waals surface area contributed by atoms with Gasteiger partial charge in [0.2, 0.25) is 0 Å². The van der Waals surface area contributed by atoms with Crippen molar-refractivity contribution in [3.63, 3.8) is 0 Å². The van der Waals surface area contributed by atoms with Gasteiger partial charge in [-0.25, -0.2) is 0 Å². The molecule has 0 aliphatic heterocycles. The highest BCUT2D eigenvalue weighted by molar-refractivity contribution is 6.39. The predicted molar refractivity (Wildman–Crippen MR) is 277 cm³/mol. The summed E-state index contributed by atoms with van der Waals surface area (Å²) in [5.41, 5.74) is -13.1. The summed E-state index contributed by atoms with van der Waals surface area (Å²) < 4.78 is 281. The fraction of sp³-hybridized carbons (Fsp3) is 0.690. The van der Waals surface area contributed by atoms with Crippen LogP contribution in [0.2, 0.25) is 0 Å². The topological polar surface area (TPSA) is 27.7 Å². The Labute approximate surface area is 465 Å². The molecule has 462 valence electrons. The van der Waals surface area contributed by atoms with Crippen LogP contribution < -0.4 is 14.0 Å². The van der Waals surface area contributed by atoms with Crippen molar-refractivity contribution in [2.24, 2.45) is 0 Å². The summed E-state index contributed by atoms with van der Waals surface area (Å²) in [6.07, 6.45) is -15.7. The van der Waals surface area contributed by atoms with E-state index in [0.29, 0.717) is 51.4 Å². The number of halogens is 18. The first-order chi connectivity index (χ1) is 37.8. The number of hydrogen-bond donors (Lipinski definition) is 0. The number of rotatable bonds is 37. The van der Waals surface area contributed by atoms with Crippen LogP contribution in [-0.2, 0) is 37.1 Å². The molecule has 3 aromatic rings. The molecule has 81 heavy (non-hydrogen) atoms. The monoisotopic (exact) mass is 1190 g/mol. The Morgan fingerprint density at radius 3 is 0.914 bits per heavy atom. The third kappa shape index (κ3) is 24.5. The summed E-state index contributed by atoms with van der Waals surface area (Å²) >= 11 is 0. The number of quaternary nitrogens is 1. The smallest absolute Gasteiger partial charge is 0.490 e. The van der Waals surface area contributed by atoms with Crippen molar-refractivity contribution in [1.82, 2.24) is 0 Å². The van der Waals surface area contributed by atoms with Crippen molar-refractivity contribution in [3.8, 4) is 17.2 Å². The molecule has 0 saturated heterocycles. The van der Waals surface area contributed by atoms with E-state index in [-0.39, 0.29) is 85.5 Å². The fourth-order valence-corrected chi connectivity index (χ4v) is 10.3. The van der Waals surface area contributed by atoms with Crippen LogP contribution in [0.1, 0.15) is 240 Å². The number of unbranched alkanes of at least 4 members (excludes halogenated alkanes) is 21. The quantitative estimate of drug-likeness (QED) is 0.0249. The maximum Gasteiger partial charge on any atom is 0.864 e. The summed E-state index contributed by atoms with van der Waals surface area (Å²) in [6, 6.07) is -2.55. The molecule has 0 radical (unpaired) electrons. The third-order valence-corrected chi connectivity index (χ3v) is 14.5. The lowest BCUT2D eigenvalue weighted by atomic mass is 9.87. The van der Waals surface area contributed by atoms with E-state index in [1.807, 2.05) is 27.7 Å². The van der Waals surface area contributed by atoms with E-state index in [0.717, 1.165) is 103 Å². The van der Waals surface area contributed by atoms with Gasteiger partial charge < -0.3 is 18.4 Å². The van der Waals surface area contributed by atoms with Gasteiger partial charge in [0.1, 0.15) is 23.3 Å². The predicted octanol–water partition coefficient (Wildman–Crippen LogP) is 22.4. The van der Waals surface area contributed by atoms with E-state index in [9.17, 15) is 52.7 Å². The number of nitrogens with zero attached hydrogens (tertiary/aromatic N) is 1. The Morgan fingerprint density at radius 2 is 0.617 bits per heavy atom. The Balaban J connectivity index is 2.62. The van der Waals surface area contributed by atoms with E-state index >= 15 is 26.3 Å². The zero-order valence-corrected chi connectivity index (χ0v) is 46.8. The zero-order chi connectivity index (χ0) is 60.7. The average Bonchev–Trinajstić information content (AvgIpc) is 3.57. The van der Waals surface area contributed by atoms with Gasteiger partial charge in [-0.2, -0.15) is 79.0 Å².